The molecule has 1 saturated heterocycles. The van der Waals surface area contributed by atoms with E-state index in [-0.39, 0.29) is 0 Å². The quantitative estimate of drug-likeness (QED) is 0.591. The number of rotatable bonds is 10. The van der Waals surface area contributed by atoms with E-state index in [1.807, 2.05) is 7.05 Å². The lowest BCUT2D eigenvalue weighted by Gasteiger charge is -2.21. The molecule has 0 aliphatic carbocycles. The van der Waals surface area contributed by atoms with E-state index in [0.29, 0.717) is 25.2 Å². The third-order valence-corrected chi connectivity index (χ3v) is 3.22. The van der Waals surface area contributed by atoms with Crippen LogP contribution in [-0.2, 0) is 14.2 Å². The van der Waals surface area contributed by atoms with Crippen molar-refractivity contribution in [2.45, 2.75) is 32.2 Å². The summed E-state index contributed by atoms with van der Waals surface area (Å²) in [6.45, 7) is 6.92. The minimum Gasteiger partial charge on any atom is -0.381 e. The van der Waals surface area contributed by atoms with Crippen molar-refractivity contribution in [2.24, 2.45) is 5.92 Å². The summed E-state index contributed by atoms with van der Waals surface area (Å²) in [6, 6.07) is 0.410. The van der Waals surface area contributed by atoms with Gasteiger partial charge in [-0.1, -0.05) is 13.3 Å². The standard InChI is InChI=1S/C13H27NO3/c1-3-4-6-15-8-9-17-11-13(14-2)12-5-7-16-10-12/h12-14H,3-11H2,1-2H3. The van der Waals surface area contributed by atoms with E-state index < -0.39 is 0 Å². The first kappa shape index (κ1) is 14.9. The highest BCUT2D eigenvalue weighted by Crippen LogP contribution is 2.16. The number of hydrogen-bond donors (Lipinski definition) is 1. The van der Waals surface area contributed by atoms with Gasteiger partial charge in [0.25, 0.3) is 0 Å². The van der Waals surface area contributed by atoms with Crippen molar-refractivity contribution in [2.75, 3.05) is 46.7 Å². The molecule has 0 radical (unpaired) electrons. The summed E-state index contributed by atoms with van der Waals surface area (Å²) in [6.07, 6.45) is 3.46. The van der Waals surface area contributed by atoms with Crippen LogP contribution < -0.4 is 5.32 Å². The van der Waals surface area contributed by atoms with Gasteiger partial charge in [0, 0.05) is 25.2 Å². The van der Waals surface area contributed by atoms with Gasteiger partial charge in [-0.05, 0) is 19.9 Å². The molecule has 0 aromatic heterocycles. The van der Waals surface area contributed by atoms with Gasteiger partial charge in [0.1, 0.15) is 0 Å². The maximum absolute atomic E-state index is 5.64. The van der Waals surface area contributed by atoms with Crippen molar-refractivity contribution < 1.29 is 14.2 Å². The molecule has 4 heteroatoms. The second kappa shape index (κ2) is 9.83. The first-order valence-corrected chi connectivity index (χ1v) is 6.79. The van der Waals surface area contributed by atoms with Crippen LogP contribution in [0.1, 0.15) is 26.2 Å². The molecule has 17 heavy (non-hydrogen) atoms. The lowest BCUT2D eigenvalue weighted by atomic mass is 10.0. The third kappa shape index (κ3) is 6.36. The van der Waals surface area contributed by atoms with Gasteiger partial charge in [-0.25, -0.2) is 0 Å². The fourth-order valence-electron chi connectivity index (χ4n) is 2.00. The Morgan fingerprint density at radius 3 is 2.76 bits per heavy atom. The summed E-state index contributed by atoms with van der Waals surface area (Å²) in [5.74, 6) is 0.598. The summed E-state index contributed by atoms with van der Waals surface area (Å²) >= 11 is 0. The number of nitrogens with one attached hydrogen (secondary N) is 1. The third-order valence-electron chi connectivity index (χ3n) is 3.22. The van der Waals surface area contributed by atoms with Crippen LogP contribution in [0, 0.1) is 5.92 Å². The Kier molecular flexibility index (Phi) is 8.61. The molecule has 2 atom stereocenters. The van der Waals surface area contributed by atoms with E-state index >= 15 is 0 Å². The molecule has 0 aromatic carbocycles. The topological polar surface area (TPSA) is 39.7 Å². The molecule has 1 aliphatic rings. The Hall–Kier alpha value is -0.160. The molecule has 0 amide bonds. The van der Waals surface area contributed by atoms with Crippen LogP contribution in [0.5, 0.6) is 0 Å². The van der Waals surface area contributed by atoms with Crippen LogP contribution in [0.2, 0.25) is 0 Å². The van der Waals surface area contributed by atoms with Crippen molar-refractivity contribution in [3.05, 3.63) is 0 Å². The molecule has 0 aromatic rings. The lowest BCUT2D eigenvalue weighted by Crippen LogP contribution is -2.38. The molecule has 2 unspecified atom stereocenters. The molecule has 0 saturated carbocycles. The number of likely N-dealkylation sites (N-methyl/N-ethyl adjacent to an activating group) is 1. The van der Waals surface area contributed by atoms with E-state index in [1.54, 1.807) is 0 Å². The second-order valence-electron chi connectivity index (χ2n) is 4.56. The maximum Gasteiger partial charge on any atom is 0.0701 e. The fraction of sp³-hybridized carbons (Fsp3) is 1.00. The van der Waals surface area contributed by atoms with Gasteiger partial charge in [0.2, 0.25) is 0 Å². The summed E-state index contributed by atoms with van der Waals surface area (Å²) in [4.78, 5) is 0. The number of hydrogen-bond acceptors (Lipinski definition) is 4. The zero-order valence-electron chi connectivity index (χ0n) is 11.2. The van der Waals surface area contributed by atoms with Gasteiger partial charge < -0.3 is 19.5 Å². The summed E-state index contributed by atoms with van der Waals surface area (Å²) in [7, 11) is 1.99. The molecular formula is C13H27NO3. The van der Waals surface area contributed by atoms with Gasteiger partial charge in [-0.3, -0.25) is 0 Å². The molecule has 1 rings (SSSR count). The van der Waals surface area contributed by atoms with Gasteiger partial charge in [-0.2, -0.15) is 0 Å². The maximum atomic E-state index is 5.64. The molecule has 1 heterocycles. The van der Waals surface area contributed by atoms with Gasteiger partial charge >= 0.3 is 0 Å². The zero-order chi connectivity index (χ0) is 12.3. The van der Waals surface area contributed by atoms with Crippen molar-refractivity contribution in [1.29, 1.82) is 0 Å². The van der Waals surface area contributed by atoms with Crippen molar-refractivity contribution >= 4 is 0 Å². The summed E-state index contributed by atoms with van der Waals surface area (Å²) in [5.41, 5.74) is 0. The monoisotopic (exact) mass is 245 g/mol. The number of ether oxygens (including phenoxy) is 3. The second-order valence-corrected chi connectivity index (χ2v) is 4.56. The molecule has 4 nitrogen and oxygen atoms in total. The molecule has 1 fully saturated rings. The fourth-order valence-corrected chi connectivity index (χ4v) is 2.00. The summed E-state index contributed by atoms with van der Waals surface area (Å²) in [5, 5.41) is 3.31. The Labute approximate surface area is 105 Å². The molecule has 1 N–H and O–H groups in total. The van der Waals surface area contributed by atoms with Crippen LogP contribution in [-0.4, -0.2) is 52.7 Å². The molecule has 1 aliphatic heterocycles. The van der Waals surface area contributed by atoms with Gasteiger partial charge in [-0.15, -0.1) is 0 Å². The predicted molar refractivity (Wildman–Crippen MR) is 68.3 cm³/mol. The van der Waals surface area contributed by atoms with Crippen molar-refractivity contribution in [3.63, 3.8) is 0 Å². The highest BCUT2D eigenvalue weighted by Gasteiger charge is 2.24. The smallest absolute Gasteiger partial charge is 0.0701 e. The van der Waals surface area contributed by atoms with Crippen LogP contribution in [0.3, 0.4) is 0 Å². The Bertz CT molecular complexity index is 172. The average molecular weight is 245 g/mol. The van der Waals surface area contributed by atoms with Gasteiger partial charge in [0.05, 0.1) is 26.4 Å². The lowest BCUT2D eigenvalue weighted by molar-refractivity contribution is 0.0313. The molecule has 0 spiro atoms. The predicted octanol–water partition coefficient (Wildman–Crippen LogP) is 1.44. The highest BCUT2D eigenvalue weighted by molar-refractivity contribution is 4.77. The first-order chi connectivity index (χ1) is 8.38. The van der Waals surface area contributed by atoms with E-state index in [2.05, 4.69) is 12.2 Å². The SMILES string of the molecule is CCCCOCCOCC(NC)C1CCOC1. The zero-order valence-corrected chi connectivity index (χ0v) is 11.2. The van der Waals surface area contributed by atoms with Crippen LogP contribution in [0.4, 0.5) is 0 Å². The molecule has 102 valence electrons. The minimum atomic E-state index is 0.410. The van der Waals surface area contributed by atoms with E-state index in [1.165, 1.54) is 6.42 Å². The Balaban J connectivity index is 1.96. The van der Waals surface area contributed by atoms with Crippen LogP contribution in [0.25, 0.3) is 0 Å². The Morgan fingerprint density at radius 1 is 1.29 bits per heavy atom. The summed E-state index contributed by atoms with van der Waals surface area (Å²) < 4.78 is 16.5. The van der Waals surface area contributed by atoms with E-state index in [0.717, 1.165) is 39.3 Å². The Morgan fingerprint density at radius 2 is 2.12 bits per heavy atom. The number of unbranched alkanes of at least 4 members (excludes halogenated alkanes) is 1. The highest BCUT2D eigenvalue weighted by atomic mass is 16.5. The van der Waals surface area contributed by atoms with E-state index in [9.17, 15) is 0 Å². The van der Waals surface area contributed by atoms with E-state index in [4.69, 9.17) is 14.2 Å². The van der Waals surface area contributed by atoms with Gasteiger partial charge in [0.15, 0.2) is 0 Å². The van der Waals surface area contributed by atoms with Crippen molar-refractivity contribution in [3.8, 4) is 0 Å². The molecule has 0 bridgehead atoms. The normalized spacial score (nSPS) is 21.9. The largest absolute Gasteiger partial charge is 0.381 e. The van der Waals surface area contributed by atoms with Crippen molar-refractivity contribution in [1.82, 2.24) is 5.32 Å². The van der Waals surface area contributed by atoms with Crippen LogP contribution >= 0.6 is 0 Å². The molecular weight excluding hydrogens is 218 g/mol. The first-order valence-electron chi connectivity index (χ1n) is 6.79. The minimum absolute atomic E-state index is 0.410. The van der Waals surface area contributed by atoms with Crippen LogP contribution in [0.15, 0.2) is 0 Å². The average Bonchev–Trinajstić information content (AvgIpc) is 2.86.